The van der Waals surface area contributed by atoms with Gasteiger partial charge in [0.05, 0.1) is 11.1 Å². The third kappa shape index (κ3) is 2.58. The van der Waals surface area contributed by atoms with Crippen molar-refractivity contribution in [2.45, 2.75) is 32.7 Å². The van der Waals surface area contributed by atoms with E-state index in [-0.39, 0.29) is 27.9 Å². The maximum Gasteiger partial charge on any atom is 0.158 e. The first-order valence-corrected chi connectivity index (χ1v) is 8.16. The molecule has 128 valence electrons. The maximum absolute atomic E-state index is 15.4. The minimum atomic E-state index is -0.687. The Balaban J connectivity index is 2.11. The summed E-state index contributed by atoms with van der Waals surface area (Å²) in [6.45, 7) is 3.58. The Morgan fingerprint density at radius 2 is 1.84 bits per heavy atom. The van der Waals surface area contributed by atoms with E-state index >= 15 is 4.39 Å². The lowest BCUT2D eigenvalue weighted by atomic mass is 10.0. The Hall–Kier alpha value is -2.76. The highest BCUT2D eigenvalue weighted by atomic mass is 19.1. The average Bonchev–Trinajstić information content (AvgIpc) is 3.37. The third-order valence-electron chi connectivity index (χ3n) is 4.54. The van der Waals surface area contributed by atoms with Crippen molar-refractivity contribution >= 4 is 10.9 Å². The summed E-state index contributed by atoms with van der Waals surface area (Å²) in [6.07, 6.45) is 3.60. The van der Waals surface area contributed by atoms with Crippen LogP contribution in [-0.4, -0.2) is 14.8 Å². The SMILES string of the molecule is Cc1cc(-c2c(F)cc3/c(=N\O)ccn(C4CC4)c3c2F)cc(C)n1. The fourth-order valence-corrected chi connectivity index (χ4v) is 3.36. The van der Waals surface area contributed by atoms with Crippen molar-refractivity contribution in [3.05, 3.63) is 58.8 Å². The molecule has 25 heavy (non-hydrogen) atoms. The second-order valence-corrected chi connectivity index (χ2v) is 6.52. The van der Waals surface area contributed by atoms with Crippen molar-refractivity contribution < 1.29 is 14.0 Å². The van der Waals surface area contributed by atoms with Gasteiger partial charge in [0.15, 0.2) is 5.82 Å². The quantitative estimate of drug-likeness (QED) is 0.560. The monoisotopic (exact) mass is 341 g/mol. The molecule has 0 aliphatic heterocycles. The Kier molecular flexibility index (Phi) is 3.56. The van der Waals surface area contributed by atoms with E-state index in [0.717, 1.165) is 12.8 Å². The van der Waals surface area contributed by atoms with Gasteiger partial charge in [0.2, 0.25) is 0 Å². The number of halogens is 2. The van der Waals surface area contributed by atoms with Crippen LogP contribution in [-0.2, 0) is 0 Å². The number of aromatic nitrogens is 2. The molecule has 1 fully saturated rings. The first-order chi connectivity index (χ1) is 12.0. The van der Waals surface area contributed by atoms with Crippen LogP contribution in [0.25, 0.3) is 22.0 Å². The van der Waals surface area contributed by atoms with Crippen molar-refractivity contribution in [1.29, 1.82) is 0 Å². The van der Waals surface area contributed by atoms with Crippen LogP contribution in [0.5, 0.6) is 0 Å². The lowest BCUT2D eigenvalue weighted by molar-refractivity contribution is 0.302. The molecule has 0 spiro atoms. The van der Waals surface area contributed by atoms with Crippen molar-refractivity contribution in [3.63, 3.8) is 0 Å². The Morgan fingerprint density at radius 1 is 1.16 bits per heavy atom. The van der Waals surface area contributed by atoms with E-state index in [2.05, 4.69) is 10.1 Å². The summed E-state index contributed by atoms with van der Waals surface area (Å²) in [7, 11) is 0. The summed E-state index contributed by atoms with van der Waals surface area (Å²) in [5, 5.41) is 12.8. The van der Waals surface area contributed by atoms with Gasteiger partial charge in [-0.3, -0.25) is 4.98 Å². The lowest BCUT2D eigenvalue weighted by Crippen LogP contribution is -2.12. The largest absolute Gasteiger partial charge is 0.410 e. The minimum Gasteiger partial charge on any atom is -0.410 e. The molecule has 6 heteroatoms. The summed E-state index contributed by atoms with van der Waals surface area (Å²) in [5.74, 6) is -1.33. The zero-order chi connectivity index (χ0) is 17.7. The van der Waals surface area contributed by atoms with E-state index in [1.54, 1.807) is 38.2 Å². The molecule has 1 aliphatic rings. The van der Waals surface area contributed by atoms with Gasteiger partial charge < -0.3 is 9.77 Å². The van der Waals surface area contributed by atoms with Crippen LogP contribution < -0.4 is 5.36 Å². The number of rotatable bonds is 2. The van der Waals surface area contributed by atoms with Crippen LogP contribution in [0.15, 0.2) is 35.6 Å². The first kappa shape index (κ1) is 15.7. The molecule has 1 saturated carbocycles. The molecule has 0 saturated heterocycles. The second kappa shape index (κ2) is 5.65. The number of aryl methyl sites for hydroxylation is 2. The Morgan fingerprint density at radius 3 is 2.44 bits per heavy atom. The smallest absolute Gasteiger partial charge is 0.158 e. The van der Waals surface area contributed by atoms with Gasteiger partial charge >= 0.3 is 0 Å². The molecular weight excluding hydrogens is 324 g/mol. The fraction of sp³-hybridized carbons (Fsp3) is 0.263. The third-order valence-corrected chi connectivity index (χ3v) is 4.54. The molecular formula is C19H17F2N3O. The van der Waals surface area contributed by atoms with Crippen LogP contribution in [0.1, 0.15) is 30.3 Å². The van der Waals surface area contributed by atoms with E-state index < -0.39 is 11.6 Å². The summed E-state index contributed by atoms with van der Waals surface area (Å²) >= 11 is 0. The number of hydrogen-bond acceptors (Lipinski definition) is 3. The Bertz CT molecular complexity index is 1050. The minimum absolute atomic E-state index is 0.0782. The highest BCUT2D eigenvalue weighted by Crippen LogP contribution is 2.39. The zero-order valence-electron chi connectivity index (χ0n) is 13.9. The van der Waals surface area contributed by atoms with E-state index in [1.165, 1.54) is 6.07 Å². The molecule has 1 aromatic carbocycles. The zero-order valence-corrected chi connectivity index (χ0v) is 13.9. The molecule has 3 aromatic rings. The molecule has 0 radical (unpaired) electrons. The van der Waals surface area contributed by atoms with Gasteiger partial charge in [0, 0.05) is 29.0 Å². The van der Waals surface area contributed by atoms with Gasteiger partial charge in [0.1, 0.15) is 11.2 Å². The number of nitrogens with zero attached hydrogens (tertiary/aromatic N) is 3. The Labute approximate surface area is 143 Å². The van der Waals surface area contributed by atoms with Crippen LogP contribution >= 0.6 is 0 Å². The molecule has 0 atom stereocenters. The number of benzene rings is 1. The molecule has 4 rings (SSSR count). The summed E-state index contributed by atoms with van der Waals surface area (Å²) < 4.78 is 32.0. The molecule has 0 bridgehead atoms. The van der Waals surface area contributed by atoms with Crippen LogP contribution in [0.3, 0.4) is 0 Å². The standard InChI is InChI=1S/C19H17F2N3O/c1-10-7-12(8-11(2)22-10)17-15(20)9-14-16(23-25)5-6-24(13-3-4-13)19(14)18(17)21/h5-9,13,25H,3-4H2,1-2H3/b23-16-. The van der Waals surface area contributed by atoms with Crippen molar-refractivity contribution in [3.8, 4) is 11.1 Å². The van der Waals surface area contributed by atoms with Crippen LogP contribution in [0.2, 0.25) is 0 Å². The number of fused-ring (bicyclic) bond motifs is 1. The van der Waals surface area contributed by atoms with Crippen LogP contribution in [0.4, 0.5) is 8.78 Å². The number of hydrogen-bond donors (Lipinski definition) is 1. The van der Waals surface area contributed by atoms with Crippen molar-refractivity contribution in [2.24, 2.45) is 5.16 Å². The molecule has 2 aromatic heterocycles. The average molecular weight is 341 g/mol. The van der Waals surface area contributed by atoms with Gasteiger partial charge in [0.25, 0.3) is 0 Å². The summed E-state index contributed by atoms with van der Waals surface area (Å²) in [4.78, 5) is 4.27. The predicted octanol–water partition coefficient (Wildman–Crippen LogP) is 4.22. The number of pyridine rings is 2. The summed E-state index contributed by atoms with van der Waals surface area (Å²) in [6, 6.07) is 6.35. The van der Waals surface area contributed by atoms with Crippen molar-refractivity contribution in [1.82, 2.24) is 9.55 Å². The van der Waals surface area contributed by atoms with E-state index in [4.69, 9.17) is 0 Å². The molecule has 1 N–H and O–H groups in total. The highest BCUT2D eigenvalue weighted by molar-refractivity contribution is 5.86. The topological polar surface area (TPSA) is 50.4 Å². The van der Waals surface area contributed by atoms with E-state index in [1.807, 2.05) is 4.57 Å². The van der Waals surface area contributed by atoms with Crippen molar-refractivity contribution in [2.75, 3.05) is 0 Å². The predicted molar refractivity (Wildman–Crippen MR) is 90.2 cm³/mol. The van der Waals surface area contributed by atoms with Gasteiger partial charge in [-0.1, -0.05) is 5.16 Å². The normalized spacial score (nSPS) is 15.1. The molecule has 1 aliphatic carbocycles. The highest BCUT2D eigenvalue weighted by Gasteiger charge is 2.27. The van der Waals surface area contributed by atoms with Gasteiger partial charge in [-0.15, -0.1) is 0 Å². The molecule has 0 amide bonds. The van der Waals surface area contributed by atoms with Gasteiger partial charge in [-0.25, -0.2) is 8.78 Å². The molecule has 4 nitrogen and oxygen atoms in total. The van der Waals surface area contributed by atoms with Crippen LogP contribution in [0, 0.1) is 25.5 Å². The lowest BCUT2D eigenvalue weighted by Gasteiger charge is -2.15. The van der Waals surface area contributed by atoms with Gasteiger partial charge in [-0.05, 0) is 56.5 Å². The van der Waals surface area contributed by atoms with Gasteiger partial charge in [-0.2, -0.15) is 0 Å². The maximum atomic E-state index is 15.4. The first-order valence-electron chi connectivity index (χ1n) is 8.16. The van der Waals surface area contributed by atoms with E-state index in [0.29, 0.717) is 17.0 Å². The fourth-order valence-electron chi connectivity index (χ4n) is 3.36. The second-order valence-electron chi connectivity index (χ2n) is 6.52. The molecule has 2 heterocycles. The van der Waals surface area contributed by atoms with E-state index in [9.17, 15) is 9.60 Å². The summed E-state index contributed by atoms with van der Waals surface area (Å²) in [5.41, 5.74) is 2.04. The molecule has 0 unspecified atom stereocenters.